The molecule has 1 saturated heterocycles. The fourth-order valence-corrected chi connectivity index (χ4v) is 2.46. The Balaban J connectivity index is 2.01. The van der Waals surface area contributed by atoms with Crippen molar-refractivity contribution >= 4 is 11.6 Å². The van der Waals surface area contributed by atoms with Gasteiger partial charge in [-0.25, -0.2) is 5.84 Å². The van der Waals surface area contributed by atoms with Crippen LogP contribution >= 0.6 is 0 Å². The lowest BCUT2D eigenvalue weighted by Crippen LogP contribution is -2.54. The third kappa shape index (κ3) is 3.82. The van der Waals surface area contributed by atoms with E-state index in [4.69, 9.17) is 16.3 Å². The molecular weight excluding hydrogens is 280 g/mol. The second-order valence-electron chi connectivity index (χ2n) is 5.19. The maximum Gasteiger partial charge on any atom is 0.217 e. The van der Waals surface area contributed by atoms with Crippen molar-refractivity contribution in [3.63, 3.8) is 0 Å². The first kappa shape index (κ1) is 16.0. The number of nitrogens with two attached hydrogens (primary N) is 2. The molecule has 0 amide bonds. The molecule has 0 atom stereocenters. The van der Waals surface area contributed by atoms with Crippen LogP contribution in [0.15, 0.2) is 41.7 Å². The van der Waals surface area contributed by atoms with Gasteiger partial charge in [-0.3, -0.25) is 5.01 Å². The minimum Gasteiger partial charge on any atom is -0.497 e. The van der Waals surface area contributed by atoms with E-state index in [1.54, 1.807) is 14.2 Å². The topological polar surface area (TPSA) is 83.3 Å². The fraction of sp³-hybridized carbons (Fsp3) is 0.400. The number of hydrogen-bond donors (Lipinski definition) is 2. The molecule has 1 heterocycles. The SMILES string of the molecule is C=C(N)/N=C(\N(C)N)N1CCN(c2ccc(OC)cc2)CC1. The average molecular weight is 304 g/mol. The molecule has 0 saturated carbocycles. The molecule has 2 rings (SSSR count). The third-order valence-corrected chi connectivity index (χ3v) is 3.56. The summed E-state index contributed by atoms with van der Waals surface area (Å²) in [4.78, 5) is 8.64. The standard InChI is InChI=1S/C15H24N6O/c1-12(16)18-15(19(2)17)21-10-8-20(9-11-21)13-4-6-14(22-3)7-5-13/h4-7H,1,8-11,16-17H2,2-3H3/b18-15+. The molecule has 7 nitrogen and oxygen atoms in total. The minimum atomic E-state index is 0.255. The van der Waals surface area contributed by atoms with Crippen molar-refractivity contribution in [1.29, 1.82) is 0 Å². The summed E-state index contributed by atoms with van der Waals surface area (Å²) < 4.78 is 5.19. The van der Waals surface area contributed by atoms with Gasteiger partial charge in [0.2, 0.25) is 5.96 Å². The van der Waals surface area contributed by atoms with E-state index >= 15 is 0 Å². The molecule has 1 aliphatic rings. The molecule has 1 aromatic rings. The number of benzene rings is 1. The Hall–Kier alpha value is -2.41. The molecule has 7 heteroatoms. The molecule has 0 unspecified atom stereocenters. The summed E-state index contributed by atoms with van der Waals surface area (Å²) in [6.45, 7) is 7.02. The van der Waals surface area contributed by atoms with Gasteiger partial charge in [0.05, 0.1) is 7.11 Å². The first-order valence-corrected chi connectivity index (χ1v) is 7.16. The predicted octanol–water partition coefficient (Wildman–Crippen LogP) is 0.409. The zero-order valence-corrected chi connectivity index (χ0v) is 13.2. The van der Waals surface area contributed by atoms with Crippen molar-refractivity contribution in [3.05, 3.63) is 36.7 Å². The van der Waals surface area contributed by atoms with E-state index in [0.717, 1.165) is 31.9 Å². The van der Waals surface area contributed by atoms with Gasteiger partial charge in [0, 0.05) is 38.9 Å². The number of rotatable bonds is 3. The lowest BCUT2D eigenvalue weighted by Gasteiger charge is -2.38. The highest BCUT2D eigenvalue weighted by Crippen LogP contribution is 2.20. The van der Waals surface area contributed by atoms with Gasteiger partial charge in [0.15, 0.2) is 0 Å². The van der Waals surface area contributed by atoms with Crippen LogP contribution in [0.4, 0.5) is 5.69 Å². The number of nitrogens with zero attached hydrogens (tertiary/aromatic N) is 4. The number of hydrazine groups is 1. The number of piperazine rings is 1. The molecule has 120 valence electrons. The van der Waals surface area contributed by atoms with Crippen molar-refractivity contribution in [3.8, 4) is 5.75 Å². The van der Waals surface area contributed by atoms with Crippen LogP contribution in [-0.4, -0.2) is 56.2 Å². The van der Waals surface area contributed by atoms with Gasteiger partial charge in [-0.1, -0.05) is 6.58 Å². The summed E-state index contributed by atoms with van der Waals surface area (Å²) in [6.07, 6.45) is 0. The summed E-state index contributed by atoms with van der Waals surface area (Å²) in [5, 5.41) is 1.47. The third-order valence-electron chi connectivity index (χ3n) is 3.56. The number of methoxy groups -OCH3 is 1. The van der Waals surface area contributed by atoms with Crippen LogP contribution in [-0.2, 0) is 0 Å². The molecule has 0 radical (unpaired) electrons. The molecule has 0 bridgehead atoms. The Morgan fingerprint density at radius 3 is 2.27 bits per heavy atom. The molecule has 0 aliphatic carbocycles. The van der Waals surface area contributed by atoms with Crippen LogP contribution in [0.2, 0.25) is 0 Å². The monoisotopic (exact) mass is 304 g/mol. The molecule has 0 spiro atoms. The van der Waals surface area contributed by atoms with Gasteiger partial charge < -0.3 is 20.3 Å². The van der Waals surface area contributed by atoms with Crippen LogP contribution in [0.5, 0.6) is 5.75 Å². The Bertz CT molecular complexity index is 531. The quantitative estimate of drug-likeness (QED) is 0.364. The van der Waals surface area contributed by atoms with Crippen LogP contribution in [0.1, 0.15) is 0 Å². The summed E-state index contributed by atoms with van der Waals surface area (Å²) in [7, 11) is 3.42. The van der Waals surface area contributed by atoms with Gasteiger partial charge in [-0.2, -0.15) is 4.99 Å². The highest BCUT2D eigenvalue weighted by atomic mass is 16.5. The Morgan fingerprint density at radius 1 is 1.23 bits per heavy atom. The van der Waals surface area contributed by atoms with E-state index in [2.05, 4.69) is 33.5 Å². The summed E-state index contributed by atoms with van der Waals surface area (Å²) in [6, 6.07) is 8.09. The van der Waals surface area contributed by atoms with E-state index in [1.807, 2.05) is 12.1 Å². The highest BCUT2D eigenvalue weighted by molar-refractivity contribution is 5.80. The summed E-state index contributed by atoms with van der Waals surface area (Å²) >= 11 is 0. The number of guanidine groups is 1. The van der Waals surface area contributed by atoms with Crippen molar-refractivity contribution < 1.29 is 4.74 Å². The lowest BCUT2D eigenvalue weighted by molar-refractivity contribution is 0.329. The Kier molecular flexibility index (Phi) is 5.11. The van der Waals surface area contributed by atoms with Crippen molar-refractivity contribution in [2.45, 2.75) is 0 Å². The number of anilines is 1. The van der Waals surface area contributed by atoms with Gasteiger partial charge in [-0.05, 0) is 24.3 Å². The van der Waals surface area contributed by atoms with Crippen molar-refractivity contribution in [2.75, 3.05) is 45.2 Å². The molecule has 1 aromatic carbocycles. The number of ether oxygens (including phenoxy) is 1. The van der Waals surface area contributed by atoms with Gasteiger partial charge in [-0.15, -0.1) is 0 Å². The van der Waals surface area contributed by atoms with Crippen LogP contribution in [0.25, 0.3) is 0 Å². The molecular formula is C15H24N6O. The van der Waals surface area contributed by atoms with Crippen LogP contribution in [0, 0.1) is 0 Å². The zero-order valence-electron chi connectivity index (χ0n) is 13.2. The number of hydrogen-bond acceptors (Lipinski definition) is 5. The van der Waals surface area contributed by atoms with E-state index in [0.29, 0.717) is 5.96 Å². The van der Waals surface area contributed by atoms with E-state index in [-0.39, 0.29) is 5.82 Å². The van der Waals surface area contributed by atoms with Crippen molar-refractivity contribution in [1.82, 2.24) is 9.91 Å². The minimum absolute atomic E-state index is 0.255. The smallest absolute Gasteiger partial charge is 0.217 e. The van der Waals surface area contributed by atoms with Crippen LogP contribution in [0.3, 0.4) is 0 Å². The molecule has 0 aromatic heterocycles. The van der Waals surface area contributed by atoms with Crippen LogP contribution < -0.4 is 21.2 Å². The number of aliphatic imine (C=N–C) groups is 1. The van der Waals surface area contributed by atoms with Gasteiger partial charge in [0.1, 0.15) is 11.6 Å². The Morgan fingerprint density at radius 2 is 1.82 bits per heavy atom. The van der Waals surface area contributed by atoms with Gasteiger partial charge >= 0.3 is 0 Å². The van der Waals surface area contributed by atoms with Gasteiger partial charge in [0.25, 0.3) is 0 Å². The molecule has 22 heavy (non-hydrogen) atoms. The molecule has 1 aliphatic heterocycles. The maximum atomic E-state index is 5.83. The van der Waals surface area contributed by atoms with E-state index in [1.165, 1.54) is 10.7 Å². The highest BCUT2D eigenvalue weighted by Gasteiger charge is 2.21. The zero-order chi connectivity index (χ0) is 16.1. The molecule has 1 fully saturated rings. The lowest BCUT2D eigenvalue weighted by atomic mass is 10.2. The van der Waals surface area contributed by atoms with E-state index < -0.39 is 0 Å². The van der Waals surface area contributed by atoms with E-state index in [9.17, 15) is 0 Å². The second kappa shape index (κ2) is 7.04. The fourth-order valence-electron chi connectivity index (χ4n) is 2.46. The summed E-state index contributed by atoms with van der Waals surface area (Å²) in [5.74, 6) is 7.59. The second-order valence-corrected chi connectivity index (χ2v) is 5.19. The normalized spacial score (nSPS) is 15.7. The maximum absolute atomic E-state index is 5.83. The largest absolute Gasteiger partial charge is 0.497 e. The Labute approximate surface area is 131 Å². The summed E-state index contributed by atoms with van der Waals surface area (Å²) in [5.41, 5.74) is 6.75. The predicted molar refractivity (Wildman–Crippen MR) is 89.5 cm³/mol. The molecule has 4 N–H and O–H groups in total. The first-order valence-electron chi connectivity index (χ1n) is 7.16. The van der Waals surface area contributed by atoms with Crippen molar-refractivity contribution in [2.24, 2.45) is 16.6 Å². The average Bonchev–Trinajstić information content (AvgIpc) is 2.52. The first-order chi connectivity index (χ1) is 10.5.